The van der Waals surface area contributed by atoms with Crippen LogP contribution in [0.1, 0.15) is 11.1 Å². The first-order chi connectivity index (χ1) is 13.7. The van der Waals surface area contributed by atoms with Crippen LogP contribution in [0.3, 0.4) is 0 Å². The molecule has 1 heterocycles. The summed E-state index contributed by atoms with van der Waals surface area (Å²) < 4.78 is 7.93. The lowest BCUT2D eigenvalue weighted by molar-refractivity contribution is 0.482. The number of rotatable bonds is 5. The monoisotopic (exact) mass is 386 g/mol. The van der Waals surface area contributed by atoms with Gasteiger partial charge in [0.05, 0.1) is 6.21 Å². The van der Waals surface area contributed by atoms with Crippen LogP contribution < -0.4 is 4.74 Å². The first-order valence-corrected chi connectivity index (χ1v) is 9.22. The molecule has 0 amide bonds. The molecular formula is C22H18N4OS. The molecule has 0 aliphatic rings. The first-order valence-electron chi connectivity index (χ1n) is 8.81. The van der Waals surface area contributed by atoms with E-state index in [4.69, 9.17) is 17.0 Å². The molecule has 1 aromatic heterocycles. The molecule has 0 saturated carbocycles. The van der Waals surface area contributed by atoms with Crippen molar-refractivity contribution in [1.82, 2.24) is 14.9 Å². The van der Waals surface area contributed by atoms with Gasteiger partial charge in [0.2, 0.25) is 4.77 Å². The fourth-order valence-corrected chi connectivity index (χ4v) is 2.87. The van der Waals surface area contributed by atoms with Crippen LogP contribution in [0.25, 0.3) is 11.4 Å². The molecule has 3 aromatic carbocycles. The van der Waals surface area contributed by atoms with Crippen LogP contribution in [-0.2, 0) is 0 Å². The molecule has 0 aliphatic heterocycles. The number of nitrogens with zero attached hydrogens (tertiary/aromatic N) is 3. The van der Waals surface area contributed by atoms with Gasteiger partial charge in [0.1, 0.15) is 11.5 Å². The maximum absolute atomic E-state index is 5.88. The van der Waals surface area contributed by atoms with Crippen molar-refractivity contribution in [2.45, 2.75) is 6.92 Å². The minimum absolute atomic E-state index is 0.434. The highest BCUT2D eigenvalue weighted by molar-refractivity contribution is 7.71. The number of para-hydroxylation sites is 1. The second kappa shape index (κ2) is 8.02. The average Bonchev–Trinajstić information content (AvgIpc) is 3.08. The van der Waals surface area contributed by atoms with Gasteiger partial charge in [-0.2, -0.15) is 14.9 Å². The Morgan fingerprint density at radius 3 is 2.50 bits per heavy atom. The highest BCUT2D eigenvalue weighted by Crippen LogP contribution is 2.22. The molecule has 0 radical (unpaired) electrons. The molecule has 0 bridgehead atoms. The summed E-state index contributed by atoms with van der Waals surface area (Å²) in [6.07, 6.45) is 1.74. The van der Waals surface area contributed by atoms with Crippen LogP contribution in [0.5, 0.6) is 11.5 Å². The molecule has 4 rings (SSSR count). The summed E-state index contributed by atoms with van der Waals surface area (Å²) in [5, 5.41) is 11.6. The number of hydrogen-bond acceptors (Lipinski definition) is 4. The zero-order chi connectivity index (χ0) is 19.3. The Bertz CT molecular complexity index is 1160. The Labute approximate surface area is 167 Å². The van der Waals surface area contributed by atoms with E-state index in [0.29, 0.717) is 10.6 Å². The van der Waals surface area contributed by atoms with E-state index in [1.807, 2.05) is 85.8 Å². The van der Waals surface area contributed by atoms with E-state index in [9.17, 15) is 0 Å². The van der Waals surface area contributed by atoms with Crippen molar-refractivity contribution >= 4 is 18.4 Å². The third-order valence-corrected chi connectivity index (χ3v) is 4.38. The van der Waals surface area contributed by atoms with Crippen molar-refractivity contribution in [3.05, 3.63) is 94.8 Å². The highest BCUT2D eigenvalue weighted by Gasteiger charge is 2.07. The lowest BCUT2D eigenvalue weighted by Crippen LogP contribution is -1.95. The van der Waals surface area contributed by atoms with Gasteiger partial charge < -0.3 is 4.74 Å². The second-order valence-corrected chi connectivity index (χ2v) is 6.65. The van der Waals surface area contributed by atoms with Crippen molar-refractivity contribution in [2.24, 2.45) is 5.10 Å². The first kappa shape index (κ1) is 17.9. The molecule has 4 aromatic rings. The summed E-state index contributed by atoms with van der Waals surface area (Å²) in [7, 11) is 0. The maximum Gasteiger partial charge on any atom is 0.216 e. The number of H-pyrrole nitrogens is 1. The van der Waals surface area contributed by atoms with Crippen LogP contribution in [0.15, 0.2) is 84.0 Å². The van der Waals surface area contributed by atoms with E-state index in [0.717, 1.165) is 22.6 Å². The van der Waals surface area contributed by atoms with Crippen LogP contribution >= 0.6 is 12.2 Å². The van der Waals surface area contributed by atoms with E-state index >= 15 is 0 Å². The van der Waals surface area contributed by atoms with Gasteiger partial charge in [0, 0.05) is 5.56 Å². The maximum atomic E-state index is 5.88. The predicted octanol–water partition coefficient (Wildman–Crippen LogP) is 5.59. The number of aryl methyl sites for hydroxylation is 1. The Morgan fingerprint density at radius 1 is 0.964 bits per heavy atom. The number of hydrogen-bond donors (Lipinski definition) is 1. The van der Waals surface area contributed by atoms with Gasteiger partial charge in [-0.1, -0.05) is 60.2 Å². The average molecular weight is 386 g/mol. The SMILES string of the molecule is Cc1ccc(-c2n[nH]c(=S)n2/N=C\c2cccc(Oc3ccccc3)c2)cc1. The van der Waals surface area contributed by atoms with Gasteiger partial charge in [-0.15, -0.1) is 0 Å². The van der Waals surface area contributed by atoms with E-state index in [2.05, 4.69) is 15.3 Å². The molecule has 5 nitrogen and oxygen atoms in total. The number of ether oxygens (including phenoxy) is 1. The summed E-state index contributed by atoms with van der Waals surface area (Å²) in [4.78, 5) is 0. The minimum atomic E-state index is 0.434. The van der Waals surface area contributed by atoms with Crippen molar-refractivity contribution in [3.8, 4) is 22.9 Å². The molecule has 0 unspecified atom stereocenters. The topological polar surface area (TPSA) is 55.2 Å². The molecule has 138 valence electrons. The number of aromatic nitrogens is 3. The van der Waals surface area contributed by atoms with Crippen molar-refractivity contribution < 1.29 is 4.74 Å². The van der Waals surface area contributed by atoms with Crippen LogP contribution in [0.4, 0.5) is 0 Å². The zero-order valence-electron chi connectivity index (χ0n) is 15.2. The largest absolute Gasteiger partial charge is 0.457 e. The Hall–Kier alpha value is -3.51. The lowest BCUT2D eigenvalue weighted by atomic mass is 10.1. The summed E-state index contributed by atoms with van der Waals surface area (Å²) in [5.74, 6) is 2.19. The standard InChI is InChI=1S/C22H18N4OS/c1-16-10-12-18(13-11-16)21-24-25-22(28)26(21)23-15-17-6-5-9-20(14-17)27-19-7-3-2-4-8-19/h2-15H,1H3,(H,25,28)/b23-15-. The van der Waals surface area contributed by atoms with E-state index < -0.39 is 0 Å². The molecule has 0 fully saturated rings. The van der Waals surface area contributed by atoms with Crippen LogP contribution in [0.2, 0.25) is 0 Å². The van der Waals surface area contributed by atoms with Gasteiger partial charge in [-0.25, -0.2) is 5.10 Å². The van der Waals surface area contributed by atoms with Crippen LogP contribution in [0, 0.1) is 11.7 Å². The summed E-state index contributed by atoms with van der Waals surface area (Å²) in [5.41, 5.74) is 3.02. The molecule has 0 spiro atoms. The normalized spacial score (nSPS) is 11.0. The Morgan fingerprint density at radius 2 is 1.71 bits per heavy atom. The molecule has 0 aliphatic carbocycles. The third kappa shape index (κ3) is 4.07. The molecule has 28 heavy (non-hydrogen) atoms. The van der Waals surface area contributed by atoms with Crippen molar-refractivity contribution in [2.75, 3.05) is 0 Å². The van der Waals surface area contributed by atoms with Crippen molar-refractivity contribution in [1.29, 1.82) is 0 Å². The van der Waals surface area contributed by atoms with Crippen LogP contribution in [-0.4, -0.2) is 21.1 Å². The minimum Gasteiger partial charge on any atom is -0.457 e. The summed E-state index contributed by atoms with van der Waals surface area (Å²) >= 11 is 5.33. The van der Waals surface area contributed by atoms with Gasteiger partial charge >= 0.3 is 0 Å². The second-order valence-electron chi connectivity index (χ2n) is 6.26. The van der Waals surface area contributed by atoms with Gasteiger partial charge in [0.15, 0.2) is 5.82 Å². The predicted molar refractivity (Wildman–Crippen MR) is 114 cm³/mol. The van der Waals surface area contributed by atoms with Gasteiger partial charge in [-0.3, -0.25) is 0 Å². The number of aromatic amines is 1. The number of benzene rings is 3. The van der Waals surface area contributed by atoms with Gasteiger partial charge in [-0.05, 0) is 49.0 Å². The zero-order valence-corrected chi connectivity index (χ0v) is 16.1. The lowest BCUT2D eigenvalue weighted by Gasteiger charge is -2.06. The molecular weight excluding hydrogens is 368 g/mol. The number of nitrogens with one attached hydrogen (secondary N) is 1. The molecule has 0 atom stereocenters. The van der Waals surface area contributed by atoms with E-state index in [1.165, 1.54) is 5.56 Å². The van der Waals surface area contributed by atoms with Gasteiger partial charge in [0.25, 0.3) is 0 Å². The fraction of sp³-hybridized carbons (Fsp3) is 0.0455. The third-order valence-electron chi connectivity index (χ3n) is 4.12. The summed E-state index contributed by atoms with van der Waals surface area (Å²) in [6, 6.07) is 25.4. The van der Waals surface area contributed by atoms with Crippen molar-refractivity contribution in [3.63, 3.8) is 0 Å². The van der Waals surface area contributed by atoms with E-state index in [-0.39, 0.29) is 0 Å². The Kier molecular flexibility index (Phi) is 5.12. The smallest absolute Gasteiger partial charge is 0.216 e. The summed E-state index contributed by atoms with van der Waals surface area (Å²) in [6.45, 7) is 2.05. The quantitative estimate of drug-likeness (QED) is 0.359. The molecule has 6 heteroatoms. The molecule has 1 N–H and O–H groups in total. The van der Waals surface area contributed by atoms with E-state index in [1.54, 1.807) is 10.9 Å². The Balaban J connectivity index is 1.60. The fourth-order valence-electron chi connectivity index (χ4n) is 2.70. The highest BCUT2D eigenvalue weighted by atomic mass is 32.1. The molecule has 0 saturated heterocycles.